The Balaban J connectivity index is 1.94. The number of aromatic nitrogens is 1. The van der Waals surface area contributed by atoms with Crippen molar-refractivity contribution >= 4 is 11.9 Å². The van der Waals surface area contributed by atoms with Crippen LogP contribution in [0.15, 0.2) is 18.3 Å². The van der Waals surface area contributed by atoms with Crippen LogP contribution >= 0.6 is 0 Å². The number of carboxylic acids is 1. The van der Waals surface area contributed by atoms with E-state index in [4.69, 9.17) is 5.11 Å². The molecule has 0 radical (unpaired) electrons. The molecule has 0 aromatic carbocycles. The average Bonchev–Trinajstić information content (AvgIpc) is 2.86. The Kier molecular flexibility index (Phi) is 4.24. The zero-order valence-electron chi connectivity index (χ0n) is 11.2. The first-order valence-corrected chi connectivity index (χ1v) is 6.78. The second-order valence-electron chi connectivity index (χ2n) is 5.01. The van der Waals surface area contributed by atoms with Gasteiger partial charge in [-0.05, 0) is 37.8 Å². The maximum atomic E-state index is 12.4. The zero-order valence-corrected chi connectivity index (χ0v) is 11.2. The molecule has 0 aliphatic carbocycles. The maximum Gasteiger partial charge on any atom is 0.303 e. The van der Waals surface area contributed by atoms with Crippen molar-refractivity contribution < 1.29 is 14.7 Å². The van der Waals surface area contributed by atoms with E-state index in [0.717, 1.165) is 25.1 Å². The Bertz CT molecular complexity index is 459. The fraction of sp³-hybridized carbons (Fsp3) is 0.571. The normalized spacial score (nSPS) is 16.6. The molecule has 0 saturated carbocycles. The molecule has 1 amide bonds. The van der Waals surface area contributed by atoms with Gasteiger partial charge in [-0.15, -0.1) is 0 Å². The molecule has 1 aliphatic heterocycles. The first-order chi connectivity index (χ1) is 9.11. The summed E-state index contributed by atoms with van der Waals surface area (Å²) >= 11 is 0. The molecule has 19 heavy (non-hydrogen) atoms. The quantitative estimate of drug-likeness (QED) is 0.902. The number of carbonyl (C=O) groups excluding carboxylic acids is 1. The maximum absolute atomic E-state index is 12.4. The standard InChI is InChI=1S/C14H20N2O3/c1-2-15-7-3-4-12(15)14(19)16-8-5-11(6-9-16)10-13(17)18/h3-4,7,11H,2,5-6,8-10H2,1H3,(H,17,18). The summed E-state index contributed by atoms with van der Waals surface area (Å²) in [5, 5.41) is 8.78. The van der Waals surface area contributed by atoms with Crippen LogP contribution in [0, 0.1) is 5.92 Å². The van der Waals surface area contributed by atoms with Gasteiger partial charge in [-0.25, -0.2) is 0 Å². The lowest BCUT2D eigenvalue weighted by Gasteiger charge is -2.31. The Morgan fingerprint density at radius 2 is 2.05 bits per heavy atom. The van der Waals surface area contributed by atoms with Crippen molar-refractivity contribution in [2.75, 3.05) is 13.1 Å². The molecule has 0 bridgehead atoms. The van der Waals surface area contributed by atoms with Crippen LogP contribution in [0.5, 0.6) is 0 Å². The largest absolute Gasteiger partial charge is 0.481 e. The Hall–Kier alpha value is -1.78. The molecule has 0 unspecified atom stereocenters. The highest BCUT2D eigenvalue weighted by Crippen LogP contribution is 2.22. The number of nitrogens with zero attached hydrogens (tertiary/aromatic N) is 2. The highest BCUT2D eigenvalue weighted by Gasteiger charge is 2.25. The minimum atomic E-state index is -0.746. The van der Waals surface area contributed by atoms with Gasteiger partial charge in [0.2, 0.25) is 0 Å². The summed E-state index contributed by atoms with van der Waals surface area (Å²) in [5.74, 6) is -0.482. The molecule has 5 heteroatoms. The van der Waals surface area contributed by atoms with E-state index in [-0.39, 0.29) is 18.2 Å². The van der Waals surface area contributed by atoms with E-state index in [9.17, 15) is 9.59 Å². The van der Waals surface area contributed by atoms with Crippen LogP contribution in [0.1, 0.15) is 36.7 Å². The second-order valence-corrected chi connectivity index (χ2v) is 5.01. The number of carbonyl (C=O) groups is 2. The van der Waals surface area contributed by atoms with Crippen LogP contribution in [-0.2, 0) is 11.3 Å². The number of hydrogen-bond acceptors (Lipinski definition) is 2. The monoisotopic (exact) mass is 264 g/mol. The summed E-state index contributed by atoms with van der Waals surface area (Å²) in [5.41, 5.74) is 0.721. The van der Waals surface area contributed by atoms with E-state index < -0.39 is 5.97 Å². The van der Waals surface area contributed by atoms with Gasteiger partial charge in [0.25, 0.3) is 5.91 Å². The Morgan fingerprint density at radius 1 is 1.37 bits per heavy atom. The predicted molar refractivity (Wildman–Crippen MR) is 71.0 cm³/mol. The van der Waals surface area contributed by atoms with Crippen LogP contribution in [0.4, 0.5) is 0 Å². The summed E-state index contributed by atoms with van der Waals surface area (Å²) in [4.78, 5) is 24.9. The first-order valence-electron chi connectivity index (χ1n) is 6.78. The molecule has 104 valence electrons. The highest BCUT2D eigenvalue weighted by atomic mass is 16.4. The molecular weight excluding hydrogens is 244 g/mol. The van der Waals surface area contributed by atoms with E-state index in [1.54, 1.807) is 0 Å². The van der Waals surface area contributed by atoms with Crippen molar-refractivity contribution in [1.82, 2.24) is 9.47 Å². The van der Waals surface area contributed by atoms with Crippen LogP contribution in [-0.4, -0.2) is 39.5 Å². The summed E-state index contributed by atoms with van der Waals surface area (Å²) in [7, 11) is 0. The van der Waals surface area contributed by atoms with Crippen LogP contribution in [0.2, 0.25) is 0 Å². The SMILES string of the molecule is CCn1cccc1C(=O)N1CCC(CC(=O)O)CC1. The van der Waals surface area contributed by atoms with Crippen molar-refractivity contribution in [1.29, 1.82) is 0 Å². The molecule has 1 aromatic rings. The molecular formula is C14H20N2O3. The summed E-state index contributed by atoms with van der Waals surface area (Å²) < 4.78 is 1.94. The molecule has 1 saturated heterocycles. The van der Waals surface area contributed by atoms with Gasteiger partial charge in [0.05, 0.1) is 0 Å². The van der Waals surface area contributed by atoms with E-state index in [1.165, 1.54) is 0 Å². The number of hydrogen-bond donors (Lipinski definition) is 1. The van der Waals surface area contributed by atoms with Gasteiger partial charge in [-0.3, -0.25) is 9.59 Å². The first kappa shape index (κ1) is 13.6. The van der Waals surface area contributed by atoms with Gasteiger partial charge in [-0.1, -0.05) is 0 Å². The fourth-order valence-electron chi connectivity index (χ4n) is 2.63. The Labute approximate surface area is 112 Å². The van der Waals surface area contributed by atoms with Gasteiger partial charge in [0.1, 0.15) is 5.69 Å². The summed E-state index contributed by atoms with van der Waals surface area (Å²) in [6, 6.07) is 3.73. The molecule has 1 fully saturated rings. The van der Waals surface area contributed by atoms with E-state index in [0.29, 0.717) is 13.1 Å². The number of aliphatic carboxylic acids is 1. The fourth-order valence-corrected chi connectivity index (χ4v) is 2.63. The highest BCUT2D eigenvalue weighted by molar-refractivity contribution is 5.92. The summed E-state index contributed by atoms with van der Waals surface area (Å²) in [6.45, 7) is 4.11. The smallest absolute Gasteiger partial charge is 0.303 e. The second kappa shape index (κ2) is 5.91. The molecule has 5 nitrogen and oxygen atoms in total. The third-order valence-electron chi connectivity index (χ3n) is 3.75. The van der Waals surface area contributed by atoms with Gasteiger partial charge < -0.3 is 14.6 Å². The lowest BCUT2D eigenvalue weighted by molar-refractivity contribution is -0.138. The van der Waals surface area contributed by atoms with Crippen LogP contribution in [0.3, 0.4) is 0 Å². The topological polar surface area (TPSA) is 62.5 Å². The molecule has 0 atom stereocenters. The lowest BCUT2D eigenvalue weighted by atomic mass is 9.93. The number of aryl methyl sites for hydroxylation is 1. The van der Waals surface area contributed by atoms with E-state index >= 15 is 0 Å². The molecule has 1 aromatic heterocycles. The molecule has 1 aliphatic rings. The number of rotatable bonds is 4. The van der Waals surface area contributed by atoms with Gasteiger partial charge in [0, 0.05) is 32.3 Å². The number of amides is 1. The van der Waals surface area contributed by atoms with Crippen molar-refractivity contribution in [2.45, 2.75) is 32.7 Å². The van der Waals surface area contributed by atoms with Crippen LogP contribution < -0.4 is 0 Å². The van der Waals surface area contributed by atoms with Crippen molar-refractivity contribution in [2.24, 2.45) is 5.92 Å². The van der Waals surface area contributed by atoms with Crippen molar-refractivity contribution in [3.8, 4) is 0 Å². The van der Waals surface area contributed by atoms with Crippen molar-refractivity contribution in [3.63, 3.8) is 0 Å². The van der Waals surface area contributed by atoms with Gasteiger partial charge in [-0.2, -0.15) is 0 Å². The van der Waals surface area contributed by atoms with Gasteiger partial charge in [0.15, 0.2) is 0 Å². The third kappa shape index (κ3) is 3.16. The number of likely N-dealkylation sites (tertiary alicyclic amines) is 1. The molecule has 2 rings (SSSR count). The Morgan fingerprint density at radius 3 is 2.63 bits per heavy atom. The predicted octanol–water partition coefficient (Wildman–Crippen LogP) is 1.83. The summed E-state index contributed by atoms with van der Waals surface area (Å²) in [6.07, 6.45) is 3.69. The minimum absolute atomic E-state index is 0.0561. The molecule has 2 heterocycles. The number of carboxylic acid groups (broad SMARTS) is 1. The third-order valence-corrected chi connectivity index (χ3v) is 3.75. The number of piperidine rings is 1. The zero-order chi connectivity index (χ0) is 13.8. The minimum Gasteiger partial charge on any atom is -0.481 e. The molecule has 0 spiro atoms. The lowest BCUT2D eigenvalue weighted by Crippen LogP contribution is -2.39. The van der Waals surface area contributed by atoms with Crippen molar-refractivity contribution in [3.05, 3.63) is 24.0 Å². The van der Waals surface area contributed by atoms with Crippen LogP contribution in [0.25, 0.3) is 0 Å². The van der Waals surface area contributed by atoms with E-state index in [1.807, 2.05) is 34.7 Å². The van der Waals surface area contributed by atoms with Gasteiger partial charge >= 0.3 is 5.97 Å². The average molecular weight is 264 g/mol. The molecule has 1 N–H and O–H groups in total. The van der Waals surface area contributed by atoms with E-state index in [2.05, 4.69) is 0 Å².